The molecule has 0 atom stereocenters. The van der Waals surface area contributed by atoms with Crippen LogP contribution in [0.1, 0.15) is 24.0 Å². The summed E-state index contributed by atoms with van der Waals surface area (Å²) in [5.41, 5.74) is 2.94. The number of pyridine rings is 1. The zero-order valence-corrected chi connectivity index (χ0v) is 23.0. The summed E-state index contributed by atoms with van der Waals surface area (Å²) in [4.78, 5) is 15.8. The number of benzene rings is 2. The van der Waals surface area contributed by atoms with Crippen molar-refractivity contribution in [2.24, 2.45) is 0 Å². The number of halogens is 1. The molecule has 0 bridgehead atoms. The van der Waals surface area contributed by atoms with Gasteiger partial charge in [0.25, 0.3) is 5.56 Å². The number of aromatic nitrogens is 1. The van der Waals surface area contributed by atoms with Crippen LogP contribution in [0.5, 0.6) is 11.5 Å². The molecule has 0 radical (unpaired) electrons. The molecule has 1 aliphatic rings. The van der Waals surface area contributed by atoms with Crippen LogP contribution in [0.25, 0.3) is 32.5 Å². The molecule has 2 aromatic heterocycles. The fourth-order valence-electron chi connectivity index (χ4n) is 4.20. The van der Waals surface area contributed by atoms with Crippen LogP contribution in [0.3, 0.4) is 0 Å². The Balaban J connectivity index is 0.00000136. The summed E-state index contributed by atoms with van der Waals surface area (Å²) in [6, 6.07) is 12.6. The molecule has 1 N–H and O–H groups in total. The Morgan fingerprint density at radius 2 is 1.61 bits per heavy atom. The number of fused-ring (bicyclic) bond motifs is 2. The van der Waals surface area contributed by atoms with E-state index in [2.05, 4.69) is 4.98 Å². The van der Waals surface area contributed by atoms with Crippen molar-refractivity contribution in [3.05, 3.63) is 68.3 Å². The van der Waals surface area contributed by atoms with Gasteiger partial charge in [0.15, 0.2) is 0 Å². The number of aromatic amines is 1. The van der Waals surface area contributed by atoms with Gasteiger partial charge in [-0.1, -0.05) is 71.1 Å². The number of aryl methyl sites for hydroxylation is 1. The molecular formula is C23H16ClNNa2O3S. The van der Waals surface area contributed by atoms with E-state index in [4.69, 9.17) is 11.6 Å². The minimum absolute atomic E-state index is 0. The third-order valence-corrected chi connectivity index (χ3v) is 6.90. The Hall–Kier alpha value is -0.760. The van der Waals surface area contributed by atoms with Gasteiger partial charge in [0, 0.05) is 16.5 Å². The van der Waals surface area contributed by atoms with Gasteiger partial charge in [-0.3, -0.25) is 4.79 Å². The van der Waals surface area contributed by atoms with E-state index in [1.165, 1.54) is 0 Å². The second kappa shape index (κ2) is 10.0. The maximum Gasteiger partial charge on any atom is 1.00 e. The van der Waals surface area contributed by atoms with Gasteiger partial charge >= 0.3 is 59.1 Å². The minimum Gasteiger partial charge on any atom is -0.872 e. The van der Waals surface area contributed by atoms with Crippen LogP contribution in [0.4, 0.5) is 0 Å². The molecule has 5 rings (SSSR count). The first-order valence-electron chi connectivity index (χ1n) is 9.49. The van der Waals surface area contributed by atoms with E-state index < -0.39 is 11.3 Å². The second-order valence-electron chi connectivity index (χ2n) is 7.27. The molecular weight excluding hydrogens is 452 g/mol. The molecule has 0 unspecified atom stereocenters. The summed E-state index contributed by atoms with van der Waals surface area (Å²) in [6.45, 7) is 0. The number of hydrogen-bond acceptors (Lipinski definition) is 4. The van der Waals surface area contributed by atoms with Gasteiger partial charge < -0.3 is 15.2 Å². The second-order valence-corrected chi connectivity index (χ2v) is 8.89. The Morgan fingerprint density at radius 3 is 2.35 bits per heavy atom. The summed E-state index contributed by atoms with van der Waals surface area (Å²) in [5, 5.41) is 26.9. The third-order valence-electron chi connectivity index (χ3n) is 5.59. The van der Waals surface area contributed by atoms with Crippen LogP contribution in [0.2, 0.25) is 4.34 Å². The first kappa shape index (κ1) is 24.9. The van der Waals surface area contributed by atoms with Crippen molar-refractivity contribution in [3.8, 4) is 33.8 Å². The van der Waals surface area contributed by atoms with Crippen molar-refractivity contribution < 1.29 is 69.3 Å². The van der Waals surface area contributed by atoms with Crippen molar-refractivity contribution in [1.29, 1.82) is 0 Å². The average molecular weight is 468 g/mol. The molecule has 0 saturated heterocycles. The molecule has 0 saturated carbocycles. The normalized spacial score (nSPS) is 12.7. The zero-order chi connectivity index (χ0) is 20.1. The summed E-state index contributed by atoms with van der Waals surface area (Å²) in [5.74, 6) is -0.458. The van der Waals surface area contributed by atoms with Crippen molar-refractivity contribution in [2.75, 3.05) is 0 Å². The van der Waals surface area contributed by atoms with Gasteiger partial charge in [-0.2, -0.15) is 0 Å². The van der Waals surface area contributed by atoms with E-state index in [1.54, 1.807) is 30.3 Å². The van der Waals surface area contributed by atoms with Gasteiger partial charge in [0.05, 0.1) is 0 Å². The molecule has 2 aromatic carbocycles. The van der Waals surface area contributed by atoms with E-state index in [0.717, 1.165) is 48.1 Å². The van der Waals surface area contributed by atoms with Gasteiger partial charge in [0.1, 0.15) is 9.17 Å². The van der Waals surface area contributed by atoms with E-state index in [0.29, 0.717) is 31.2 Å². The molecule has 31 heavy (non-hydrogen) atoms. The smallest absolute Gasteiger partial charge is 0.872 e. The topological polar surface area (TPSA) is 79.0 Å². The maximum absolute atomic E-state index is 13.4. The van der Waals surface area contributed by atoms with E-state index in [1.807, 2.05) is 12.1 Å². The molecule has 4 aromatic rings. The Morgan fingerprint density at radius 1 is 0.903 bits per heavy atom. The van der Waals surface area contributed by atoms with Crippen molar-refractivity contribution in [3.63, 3.8) is 0 Å². The molecule has 0 aliphatic heterocycles. The predicted octanol–water partition coefficient (Wildman–Crippen LogP) is -1.39. The third kappa shape index (κ3) is 4.28. The van der Waals surface area contributed by atoms with Crippen LogP contribution in [0.15, 0.2) is 47.3 Å². The summed E-state index contributed by atoms with van der Waals surface area (Å²) in [6.07, 6.45) is 3.72. The van der Waals surface area contributed by atoms with Crippen LogP contribution < -0.4 is 74.9 Å². The zero-order valence-electron chi connectivity index (χ0n) is 17.4. The van der Waals surface area contributed by atoms with Gasteiger partial charge in [-0.25, -0.2) is 0 Å². The van der Waals surface area contributed by atoms with E-state index in [-0.39, 0.29) is 70.4 Å². The number of thiophene rings is 1. The minimum atomic E-state index is -0.453. The molecule has 8 heteroatoms. The van der Waals surface area contributed by atoms with Crippen molar-refractivity contribution >= 4 is 33.2 Å². The van der Waals surface area contributed by atoms with Crippen LogP contribution in [-0.2, 0) is 12.8 Å². The molecule has 1 aliphatic carbocycles. The fourth-order valence-corrected chi connectivity index (χ4v) is 5.56. The van der Waals surface area contributed by atoms with Crippen LogP contribution in [0, 0.1) is 0 Å². The SMILES string of the molecule is O=c1[nH]c2sc(Cl)c(-c3ccc4c(c3[O-])CCCC4)c2c([O-])c1-c1ccccc1.[Na+].[Na+]. The monoisotopic (exact) mass is 467 g/mol. The molecule has 146 valence electrons. The Labute approximate surface area is 232 Å². The first-order valence-corrected chi connectivity index (χ1v) is 10.7. The molecule has 2 heterocycles. The molecule has 0 spiro atoms. The summed E-state index contributed by atoms with van der Waals surface area (Å²) < 4.78 is 0.339. The number of rotatable bonds is 2. The summed E-state index contributed by atoms with van der Waals surface area (Å²) >= 11 is 7.62. The van der Waals surface area contributed by atoms with E-state index >= 15 is 0 Å². The number of hydrogen-bond donors (Lipinski definition) is 1. The number of nitrogens with one attached hydrogen (secondary N) is 1. The van der Waals surface area contributed by atoms with Crippen molar-refractivity contribution in [1.82, 2.24) is 4.98 Å². The van der Waals surface area contributed by atoms with Crippen LogP contribution in [-0.4, -0.2) is 4.98 Å². The molecule has 4 nitrogen and oxygen atoms in total. The predicted molar refractivity (Wildman–Crippen MR) is 114 cm³/mol. The maximum atomic E-state index is 13.4. The molecule has 0 fully saturated rings. The largest absolute Gasteiger partial charge is 1.00 e. The van der Waals surface area contributed by atoms with Gasteiger partial charge in [-0.05, 0) is 42.4 Å². The Kier molecular flexibility index (Phi) is 8.04. The van der Waals surface area contributed by atoms with Gasteiger partial charge in [0.2, 0.25) is 0 Å². The van der Waals surface area contributed by atoms with E-state index in [9.17, 15) is 15.0 Å². The average Bonchev–Trinajstić information content (AvgIpc) is 3.05. The fraction of sp³-hybridized carbons (Fsp3) is 0.174. The quantitative estimate of drug-likeness (QED) is 0.369. The van der Waals surface area contributed by atoms with Gasteiger partial charge in [-0.15, -0.1) is 11.3 Å². The Bertz CT molecular complexity index is 1320. The van der Waals surface area contributed by atoms with Crippen molar-refractivity contribution in [2.45, 2.75) is 25.7 Å². The molecule has 0 amide bonds. The standard InChI is InChI=1S/C23H18ClNO3S.2Na/c24-21-17(15-11-10-12-6-4-5-9-14(12)19(15)26)18-20(27)16(13-7-2-1-3-8-13)22(28)25-23(18)29-21;;/h1-3,7-8,10-11,26H,4-6,9H2,(H2,25,27,28);;/q;2*+1/p-2. The summed E-state index contributed by atoms with van der Waals surface area (Å²) in [7, 11) is 0. The number of H-pyrrole nitrogens is 1. The first-order chi connectivity index (χ1) is 14.1. The van der Waals surface area contributed by atoms with Crippen LogP contribution >= 0.6 is 22.9 Å².